The fraction of sp³-hybridized carbons (Fsp3) is 0.857. The molecule has 2 atom stereocenters. The minimum absolute atomic E-state index is 0.0115. The van der Waals surface area contributed by atoms with Gasteiger partial charge in [0.25, 0.3) is 0 Å². The Morgan fingerprint density at radius 1 is 1.33 bits per heavy atom. The van der Waals surface area contributed by atoms with Gasteiger partial charge in [0.2, 0.25) is 11.8 Å². The molecule has 0 aromatic carbocycles. The molecule has 0 radical (unpaired) electrons. The van der Waals surface area contributed by atoms with E-state index < -0.39 is 0 Å². The van der Waals surface area contributed by atoms with Gasteiger partial charge in [-0.25, -0.2) is 0 Å². The molecule has 2 amide bonds. The lowest BCUT2D eigenvalue weighted by molar-refractivity contribution is -0.148. The second-order valence-electron chi connectivity index (χ2n) is 6.00. The maximum Gasteiger partial charge on any atom is 0.246 e. The van der Waals surface area contributed by atoms with E-state index in [-0.39, 0.29) is 36.4 Å². The van der Waals surface area contributed by atoms with Gasteiger partial charge in [0.05, 0.1) is 6.54 Å². The van der Waals surface area contributed by atoms with E-state index in [2.05, 4.69) is 12.2 Å². The first-order chi connectivity index (χ1) is 8.52. The number of hydrogen-bond acceptors (Lipinski definition) is 2. The third-order valence-electron chi connectivity index (χ3n) is 4.06. The van der Waals surface area contributed by atoms with Gasteiger partial charge in [-0.2, -0.15) is 0 Å². The number of carbonyl (C=O) groups is 2. The SMILES string of the molecule is CCC(CC1CC1)N1CC(=O)NC(C(C)C)C1=O. The van der Waals surface area contributed by atoms with Crippen LogP contribution in [-0.4, -0.2) is 35.3 Å². The average Bonchev–Trinajstić information content (AvgIpc) is 3.12. The summed E-state index contributed by atoms with van der Waals surface area (Å²) in [5, 5.41) is 2.81. The highest BCUT2D eigenvalue weighted by Gasteiger charge is 2.39. The van der Waals surface area contributed by atoms with E-state index in [0.717, 1.165) is 18.8 Å². The Bertz CT molecular complexity index is 337. The molecule has 1 N–H and O–H groups in total. The van der Waals surface area contributed by atoms with E-state index in [9.17, 15) is 9.59 Å². The fourth-order valence-electron chi connectivity index (χ4n) is 2.71. The second kappa shape index (κ2) is 5.29. The molecule has 1 saturated carbocycles. The monoisotopic (exact) mass is 252 g/mol. The molecule has 4 heteroatoms. The zero-order valence-electron chi connectivity index (χ0n) is 11.6. The van der Waals surface area contributed by atoms with E-state index in [0.29, 0.717) is 0 Å². The van der Waals surface area contributed by atoms with Gasteiger partial charge in [-0.05, 0) is 24.7 Å². The Morgan fingerprint density at radius 3 is 2.50 bits per heavy atom. The number of piperazine rings is 1. The van der Waals surface area contributed by atoms with E-state index in [1.54, 1.807) is 0 Å². The van der Waals surface area contributed by atoms with Crippen molar-refractivity contribution >= 4 is 11.8 Å². The molecule has 2 aliphatic rings. The van der Waals surface area contributed by atoms with E-state index in [4.69, 9.17) is 0 Å². The van der Waals surface area contributed by atoms with Crippen LogP contribution in [0.15, 0.2) is 0 Å². The first kappa shape index (κ1) is 13.4. The third-order valence-corrected chi connectivity index (χ3v) is 4.06. The zero-order valence-corrected chi connectivity index (χ0v) is 11.6. The highest BCUT2D eigenvalue weighted by Crippen LogP contribution is 2.35. The lowest BCUT2D eigenvalue weighted by Crippen LogP contribution is -2.62. The predicted molar refractivity (Wildman–Crippen MR) is 69.9 cm³/mol. The maximum atomic E-state index is 12.4. The summed E-state index contributed by atoms with van der Waals surface area (Å²) in [5.74, 6) is 1.03. The molecule has 0 aromatic rings. The minimum Gasteiger partial charge on any atom is -0.343 e. The molecule has 102 valence electrons. The Morgan fingerprint density at radius 2 is 2.00 bits per heavy atom. The number of amides is 2. The van der Waals surface area contributed by atoms with Gasteiger partial charge in [0.15, 0.2) is 0 Å². The molecule has 18 heavy (non-hydrogen) atoms. The molecule has 2 unspecified atom stereocenters. The van der Waals surface area contributed by atoms with Gasteiger partial charge < -0.3 is 10.2 Å². The molecule has 1 aliphatic heterocycles. The first-order valence-corrected chi connectivity index (χ1v) is 7.12. The standard InChI is InChI=1S/C14H24N2O2/c1-4-11(7-10-5-6-10)16-8-12(17)15-13(9(2)3)14(16)18/h9-11,13H,4-8H2,1-3H3,(H,15,17). The lowest BCUT2D eigenvalue weighted by atomic mass is 9.97. The quantitative estimate of drug-likeness (QED) is 0.807. The van der Waals surface area contributed by atoms with Gasteiger partial charge >= 0.3 is 0 Å². The molecule has 1 heterocycles. The van der Waals surface area contributed by atoms with E-state index >= 15 is 0 Å². The molecule has 0 bridgehead atoms. The molecular weight excluding hydrogens is 228 g/mol. The van der Waals surface area contributed by atoms with Crippen molar-refractivity contribution in [1.82, 2.24) is 10.2 Å². The highest BCUT2D eigenvalue weighted by molar-refractivity contribution is 5.95. The number of carbonyl (C=O) groups excluding carboxylic acids is 2. The van der Waals surface area contributed by atoms with Gasteiger partial charge in [-0.15, -0.1) is 0 Å². The number of nitrogens with one attached hydrogen (secondary N) is 1. The molecule has 4 nitrogen and oxygen atoms in total. The van der Waals surface area contributed by atoms with Crippen LogP contribution in [0.2, 0.25) is 0 Å². The Kier molecular flexibility index (Phi) is 3.93. The Balaban J connectivity index is 2.08. The third kappa shape index (κ3) is 2.85. The summed E-state index contributed by atoms with van der Waals surface area (Å²) in [6.45, 7) is 6.31. The number of rotatable bonds is 5. The summed E-state index contributed by atoms with van der Waals surface area (Å²) in [5.41, 5.74) is 0. The van der Waals surface area contributed by atoms with Crippen molar-refractivity contribution in [2.45, 2.75) is 58.5 Å². The summed E-state index contributed by atoms with van der Waals surface area (Å²) in [6, 6.07) is -0.0863. The summed E-state index contributed by atoms with van der Waals surface area (Å²) in [4.78, 5) is 26.0. The molecule has 1 aliphatic carbocycles. The number of nitrogens with zero attached hydrogens (tertiary/aromatic N) is 1. The second-order valence-corrected chi connectivity index (χ2v) is 6.00. The molecule has 2 fully saturated rings. The van der Waals surface area contributed by atoms with Crippen molar-refractivity contribution in [1.29, 1.82) is 0 Å². The normalized spacial score (nSPS) is 26.4. The largest absolute Gasteiger partial charge is 0.343 e. The summed E-state index contributed by atoms with van der Waals surface area (Å²) < 4.78 is 0. The smallest absolute Gasteiger partial charge is 0.246 e. The van der Waals surface area contributed by atoms with Gasteiger partial charge in [0.1, 0.15) is 6.04 Å². The predicted octanol–water partition coefficient (Wildman–Crippen LogP) is 1.55. The van der Waals surface area contributed by atoms with Crippen LogP contribution in [0.25, 0.3) is 0 Å². The Labute approximate surface area is 109 Å². The zero-order chi connectivity index (χ0) is 13.3. The minimum atomic E-state index is -0.334. The van der Waals surface area contributed by atoms with E-state index in [1.807, 2.05) is 18.7 Å². The van der Waals surface area contributed by atoms with Crippen LogP contribution >= 0.6 is 0 Å². The van der Waals surface area contributed by atoms with Crippen molar-refractivity contribution in [2.24, 2.45) is 11.8 Å². The van der Waals surface area contributed by atoms with Crippen LogP contribution in [0.5, 0.6) is 0 Å². The molecule has 0 aromatic heterocycles. The average molecular weight is 252 g/mol. The number of hydrogen-bond donors (Lipinski definition) is 1. The molecule has 1 saturated heterocycles. The van der Waals surface area contributed by atoms with Gasteiger partial charge in [-0.3, -0.25) is 9.59 Å². The first-order valence-electron chi connectivity index (χ1n) is 7.12. The summed E-state index contributed by atoms with van der Waals surface area (Å²) >= 11 is 0. The molecule has 2 rings (SSSR count). The van der Waals surface area contributed by atoms with Gasteiger partial charge in [0, 0.05) is 6.04 Å². The van der Waals surface area contributed by atoms with Gasteiger partial charge in [-0.1, -0.05) is 33.6 Å². The summed E-state index contributed by atoms with van der Waals surface area (Å²) in [7, 11) is 0. The van der Waals surface area contributed by atoms with Crippen LogP contribution in [0.3, 0.4) is 0 Å². The van der Waals surface area contributed by atoms with Crippen molar-refractivity contribution in [3.8, 4) is 0 Å². The molecule has 0 spiro atoms. The van der Waals surface area contributed by atoms with Crippen LogP contribution in [0.1, 0.15) is 46.5 Å². The maximum absolute atomic E-state index is 12.4. The van der Waals surface area contributed by atoms with Crippen molar-refractivity contribution in [3.05, 3.63) is 0 Å². The highest BCUT2D eigenvalue weighted by atomic mass is 16.2. The van der Waals surface area contributed by atoms with Crippen molar-refractivity contribution in [2.75, 3.05) is 6.54 Å². The fourth-order valence-corrected chi connectivity index (χ4v) is 2.71. The van der Waals surface area contributed by atoms with Crippen LogP contribution in [0.4, 0.5) is 0 Å². The van der Waals surface area contributed by atoms with Crippen LogP contribution < -0.4 is 5.32 Å². The lowest BCUT2D eigenvalue weighted by Gasteiger charge is -2.39. The topological polar surface area (TPSA) is 49.4 Å². The van der Waals surface area contributed by atoms with E-state index in [1.165, 1.54) is 12.8 Å². The Hall–Kier alpha value is -1.06. The summed E-state index contributed by atoms with van der Waals surface area (Å²) in [6.07, 6.45) is 4.59. The van der Waals surface area contributed by atoms with Crippen molar-refractivity contribution in [3.63, 3.8) is 0 Å². The van der Waals surface area contributed by atoms with Crippen LogP contribution in [-0.2, 0) is 9.59 Å². The molecular formula is C14H24N2O2. The van der Waals surface area contributed by atoms with Crippen molar-refractivity contribution < 1.29 is 9.59 Å². The van der Waals surface area contributed by atoms with Crippen LogP contribution in [0, 0.1) is 11.8 Å².